The van der Waals surface area contributed by atoms with Crippen molar-refractivity contribution in [2.45, 2.75) is 45.0 Å². The zero-order valence-corrected chi connectivity index (χ0v) is 16.0. The van der Waals surface area contributed by atoms with Crippen molar-refractivity contribution in [1.29, 1.82) is 0 Å². The molecule has 0 saturated carbocycles. The molecule has 1 aliphatic heterocycles. The Morgan fingerprint density at radius 2 is 1.79 bits per heavy atom. The molecule has 0 aromatic heterocycles. The van der Waals surface area contributed by atoms with Gasteiger partial charge in [0.25, 0.3) is 0 Å². The Balaban J connectivity index is 1.84. The molecule has 0 amide bonds. The van der Waals surface area contributed by atoms with Crippen LogP contribution in [0.4, 0.5) is 0 Å². The van der Waals surface area contributed by atoms with E-state index in [0.29, 0.717) is 12.2 Å². The first-order chi connectivity index (χ1) is 11.1. The highest BCUT2D eigenvalue weighted by molar-refractivity contribution is 6.74. The van der Waals surface area contributed by atoms with Crippen LogP contribution in [0.3, 0.4) is 0 Å². The summed E-state index contributed by atoms with van der Waals surface area (Å²) in [5.74, 6) is -1.21. The summed E-state index contributed by atoms with van der Waals surface area (Å²) in [5.41, 5.74) is 0.472. The van der Waals surface area contributed by atoms with Gasteiger partial charge in [0.15, 0.2) is 8.32 Å². The van der Waals surface area contributed by atoms with Crippen LogP contribution in [0.25, 0.3) is 0 Å². The van der Waals surface area contributed by atoms with Crippen LogP contribution in [-0.2, 0) is 18.7 Å². The molecule has 132 valence electrons. The molecule has 0 unspecified atom stereocenters. The molecule has 1 heterocycles. The maximum atomic E-state index is 12.0. The fourth-order valence-corrected chi connectivity index (χ4v) is 3.07. The first-order valence-corrected chi connectivity index (χ1v) is 11.1. The molecular weight excluding hydrogens is 324 g/mol. The van der Waals surface area contributed by atoms with Gasteiger partial charge in [0, 0.05) is 0 Å². The average Bonchev–Trinajstić information content (AvgIpc) is 2.50. The third-order valence-electron chi connectivity index (χ3n) is 4.84. The minimum absolute atomic E-state index is 0.0259. The highest BCUT2D eigenvalue weighted by atomic mass is 28.4. The monoisotopic (exact) mass is 350 g/mol. The molecule has 1 aromatic carbocycles. The molecule has 0 aliphatic carbocycles. The van der Waals surface area contributed by atoms with E-state index in [0.717, 1.165) is 0 Å². The van der Waals surface area contributed by atoms with E-state index in [2.05, 4.69) is 33.9 Å². The zero-order valence-electron chi connectivity index (χ0n) is 15.0. The number of rotatable bonds is 6. The average molecular weight is 350 g/mol. The van der Waals surface area contributed by atoms with Crippen molar-refractivity contribution >= 4 is 20.3 Å². The molecule has 1 fully saturated rings. The number of carbonyl (C=O) groups is 2. The van der Waals surface area contributed by atoms with Crippen molar-refractivity contribution in [2.24, 2.45) is 5.92 Å². The van der Waals surface area contributed by atoms with Gasteiger partial charge in [-0.3, -0.25) is 4.79 Å². The minimum atomic E-state index is -1.90. The van der Waals surface area contributed by atoms with Crippen molar-refractivity contribution in [1.82, 2.24) is 0 Å². The number of cyclic esters (lactones) is 1. The van der Waals surface area contributed by atoms with Crippen molar-refractivity contribution in [3.8, 4) is 0 Å². The molecule has 0 bridgehead atoms. The predicted molar refractivity (Wildman–Crippen MR) is 93.2 cm³/mol. The van der Waals surface area contributed by atoms with Crippen molar-refractivity contribution in [2.75, 3.05) is 13.2 Å². The van der Waals surface area contributed by atoms with Gasteiger partial charge in [-0.15, -0.1) is 0 Å². The number of esters is 2. The van der Waals surface area contributed by atoms with E-state index < -0.39 is 20.2 Å². The van der Waals surface area contributed by atoms with Crippen molar-refractivity contribution in [3.63, 3.8) is 0 Å². The molecule has 2 rings (SSSR count). The van der Waals surface area contributed by atoms with Crippen molar-refractivity contribution < 1.29 is 23.5 Å². The van der Waals surface area contributed by atoms with Crippen LogP contribution in [0.15, 0.2) is 30.3 Å². The fourth-order valence-electron chi connectivity index (χ4n) is 2.05. The maximum absolute atomic E-state index is 12.0. The van der Waals surface area contributed by atoms with Crippen LogP contribution in [0.5, 0.6) is 0 Å². The second-order valence-corrected chi connectivity index (χ2v) is 12.4. The summed E-state index contributed by atoms with van der Waals surface area (Å²) in [6.07, 6.45) is -0.338. The highest BCUT2D eigenvalue weighted by Gasteiger charge is 2.46. The quantitative estimate of drug-likeness (QED) is 0.581. The zero-order chi connectivity index (χ0) is 18.0. The van der Waals surface area contributed by atoms with Crippen LogP contribution >= 0.6 is 0 Å². The van der Waals surface area contributed by atoms with E-state index in [1.54, 1.807) is 24.3 Å². The van der Waals surface area contributed by atoms with E-state index in [4.69, 9.17) is 13.9 Å². The van der Waals surface area contributed by atoms with Gasteiger partial charge in [0.05, 0.1) is 12.2 Å². The van der Waals surface area contributed by atoms with Gasteiger partial charge in [-0.05, 0) is 30.3 Å². The second-order valence-electron chi connectivity index (χ2n) is 7.62. The second kappa shape index (κ2) is 7.07. The van der Waals surface area contributed by atoms with Gasteiger partial charge in [0.1, 0.15) is 18.6 Å². The largest absolute Gasteiger partial charge is 0.461 e. The van der Waals surface area contributed by atoms with Gasteiger partial charge in [-0.2, -0.15) is 0 Å². The van der Waals surface area contributed by atoms with Crippen LogP contribution in [0.1, 0.15) is 31.1 Å². The Morgan fingerprint density at radius 3 is 2.33 bits per heavy atom. The Labute approximate surface area is 144 Å². The smallest absolute Gasteiger partial charge is 0.338 e. The summed E-state index contributed by atoms with van der Waals surface area (Å²) in [6.45, 7) is 11.2. The summed E-state index contributed by atoms with van der Waals surface area (Å²) in [7, 11) is -1.90. The van der Waals surface area contributed by atoms with Gasteiger partial charge in [-0.25, -0.2) is 4.79 Å². The summed E-state index contributed by atoms with van der Waals surface area (Å²) < 4.78 is 16.5. The van der Waals surface area contributed by atoms with E-state index in [-0.39, 0.29) is 23.7 Å². The van der Waals surface area contributed by atoms with Gasteiger partial charge in [0.2, 0.25) is 0 Å². The lowest BCUT2D eigenvalue weighted by Crippen LogP contribution is -2.53. The molecule has 1 aromatic rings. The lowest BCUT2D eigenvalue weighted by Gasteiger charge is -2.40. The van der Waals surface area contributed by atoms with Crippen LogP contribution in [0, 0.1) is 5.92 Å². The molecule has 0 radical (unpaired) electrons. The fraction of sp³-hybridized carbons (Fsp3) is 0.556. The lowest BCUT2D eigenvalue weighted by molar-refractivity contribution is -0.192. The SMILES string of the molecule is CC(C)(C)[Si](C)(C)OC[C@H]1OC(=O)[C@@H]1COC(=O)c1ccccc1. The van der Waals surface area contributed by atoms with Crippen molar-refractivity contribution in [3.05, 3.63) is 35.9 Å². The summed E-state index contributed by atoms with van der Waals surface area (Å²) in [4.78, 5) is 23.6. The normalized spacial score (nSPS) is 21.0. The molecule has 0 spiro atoms. The molecule has 1 aliphatic rings. The first-order valence-electron chi connectivity index (χ1n) is 8.18. The molecule has 1 saturated heterocycles. The van der Waals surface area contributed by atoms with Crippen LogP contribution in [0.2, 0.25) is 18.1 Å². The standard InChI is InChI=1S/C18H26O5Si/c1-18(2,3)24(4,5)22-12-15-14(17(20)23-15)11-21-16(19)13-9-7-6-8-10-13/h6-10,14-15H,11-12H2,1-5H3/t14-,15-/m1/s1. The molecule has 5 nitrogen and oxygen atoms in total. The number of carbonyl (C=O) groups excluding carboxylic acids is 2. The van der Waals surface area contributed by atoms with Crippen LogP contribution < -0.4 is 0 Å². The third kappa shape index (κ3) is 4.24. The molecule has 0 N–H and O–H groups in total. The lowest BCUT2D eigenvalue weighted by atomic mass is 9.99. The van der Waals surface area contributed by atoms with Gasteiger partial charge >= 0.3 is 11.9 Å². The van der Waals surface area contributed by atoms with Crippen LogP contribution in [-0.4, -0.2) is 39.6 Å². The number of benzene rings is 1. The van der Waals surface area contributed by atoms with E-state index in [1.165, 1.54) is 0 Å². The Kier molecular flexibility index (Phi) is 5.50. The summed E-state index contributed by atoms with van der Waals surface area (Å²) >= 11 is 0. The molecule has 24 heavy (non-hydrogen) atoms. The molecule has 2 atom stereocenters. The number of hydrogen-bond acceptors (Lipinski definition) is 5. The van der Waals surface area contributed by atoms with E-state index >= 15 is 0 Å². The topological polar surface area (TPSA) is 61.8 Å². The first kappa shape index (κ1) is 18.7. The predicted octanol–water partition coefficient (Wildman–Crippen LogP) is 3.41. The Hall–Kier alpha value is -1.66. The highest BCUT2D eigenvalue weighted by Crippen LogP contribution is 2.37. The number of hydrogen-bond donors (Lipinski definition) is 0. The van der Waals surface area contributed by atoms with Gasteiger partial charge < -0.3 is 13.9 Å². The number of ether oxygens (including phenoxy) is 2. The summed E-state index contributed by atoms with van der Waals surface area (Å²) in [6, 6.07) is 8.72. The maximum Gasteiger partial charge on any atom is 0.338 e. The van der Waals surface area contributed by atoms with E-state index in [1.807, 2.05) is 6.07 Å². The van der Waals surface area contributed by atoms with Gasteiger partial charge in [-0.1, -0.05) is 39.0 Å². The molecular formula is C18H26O5Si. The third-order valence-corrected chi connectivity index (χ3v) is 9.34. The molecule has 6 heteroatoms. The Bertz CT molecular complexity index is 591. The Morgan fingerprint density at radius 1 is 1.17 bits per heavy atom. The van der Waals surface area contributed by atoms with E-state index in [9.17, 15) is 9.59 Å². The summed E-state index contributed by atoms with van der Waals surface area (Å²) in [5, 5.41) is 0.0933. The minimum Gasteiger partial charge on any atom is -0.461 e.